The van der Waals surface area contributed by atoms with Gasteiger partial charge in [-0.05, 0) is 62.6 Å². The molecule has 10 heteroatoms. The van der Waals surface area contributed by atoms with Gasteiger partial charge in [0.1, 0.15) is 22.0 Å². The van der Waals surface area contributed by atoms with Gasteiger partial charge in [0.15, 0.2) is 5.13 Å². The Morgan fingerprint density at radius 1 is 1.22 bits per heavy atom. The summed E-state index contributed by atoms with van der Waals surface area (Å²) in [7, 11) is 0. The minimum atomic E-state index is -0.0226. The molecule has 0 bridgehead atoms. The van der Waals surface area contributed by atoms with Gasteiger partial charge in [0.05, 0.1) is 12.2 Å². The average Bonchev–Trinajstić information content (AvgIpc) is 3.25. The van der Waals surface area contributed by atoms with Crippen LogP contribution in [0.25, 0.3) is 10.3 Å². The number of carbonyl (C=O) groups is 1. The van der Waals surface area contributed by atoms with Crippen molar-refractivity contribution in [1.82, 2.24) is 24.8 Å². The number of thiazole rings is 1. The Kier molecular flexibility index (Phi) is 7.45. The van der Waals surface area contributed by atoms with Crippen LogP contribution in [0.4, 0.5) is 16.8 Å². The number of amides is 1. The Morgan fingerprint density at radius 2 is 2.03 bits per heavy atom. The van der Waals surface area contributed by atoms with Gasteiger partial charge in [0.2, 0.25) is 5.91 Å². The maximum Gasteiger partial charge on any atom is 0.246 e. The first-order chi connectivity index (χ1) is 17.4. The molecule has 5 rings (SSSR count). The fourth-order valence-corrected chi connectivity index (χ4v) is 5.87. The van der Waals surface area contributed by atoms with E-state index in [0.29, 0.717) is 6.54 Å². The number of rotatable bonds is 7. The Bertz CT molecular complexity index is 1190. The maximum absolute atomic E-state index is 12.2. The number of fused-ring (bicyclic) bond motifs is 1. The molecule has 0 saturated carbocycles. The molecule has 5 heterocycles. The molecule has 0 spiro atoms. The molecule has 190 valence electrons. The van der Waals surface area contributed by atoms with Gasteiger partial charge >= 0.3 is 0 Å². The van der Waals surface area contributed by atoms with Crippen molar-refractivity contribution >= 4 is 44.4 Å². The number of likely N-dealkylation sites (tertiary alicyclic amines) is 1. The van der Waals surface area contributed by atoms with Crippen molar-refractivity contribution < 1.29 is 9.53 Å². The number of hydrogen-bond donors (Lipinski definition) is 2. The smallest absolute Gasteiger partial charge is 0.246 e. The second-order valence-corrected chi connectivity index (χ2v) is 10.6. The molecule has 3 atom stereocenters. The lowest BCUT2D eigenvalue weighted by Crippen LogP contribution is -2.45. The Balaban J connectivity index is 1.38. The largest absolute Gasteiger partial charge is 0.373 e. The summed E-state index contributed by atoms with van der Waals surface area (Å²) in [6.45, 7) is 11.9. The van der Waals surface area contributed by atoms with Crippen LogP contribution < -0.4 is 10.6 Å². The van der Waals surface area contributed by atoms with Crippen LogP contribution in [0, 0.1) is 0 Å². The monoisotopic (exact) mass is 507 g/mol. The standard InChI is InChI=1S/C26H33N7O2S/c1-4-24(34)33-10-6-7-20(16-33)28-22-11-19(15-32-13-17(2)35-18(3)14-32)12-23(30-22)31-26-29-21-8-5-9-27-25(21)36-26/h4-5,8-9,11-12,17-18,20H,1,6-7,10,13-16H2,2-3H3,(H2,28,29,30,31)/t17-,18+,20-/m0/s1. The van der Waals surface area contributed by atoms with Crippen molar-refractivity contribution in [2.24, 2.45) is 0 Å². The molecule has 2 aliphatic heterocycles. The van der Waals surface area contributed by atoms with E-state index >= 15 is 0 Å². The van der Waals surface area contributed by atoms with Gasteiger partial charge < -0.3 is 20.3 Å². The molecule has 0 aliphatic carbocycles. The van der Waals surface area contributed by atoms with Gasteiger partial charge in [0.25, 0.3) is 0 Å². The third-order valence-electron chi connectivity index (χ3n) is 6.45. The van der Waals surface area contributed by atoms with Crippen LogP contribution >= 0.6 is 11.3 Å². The number of piperidine rings is 1. The van der Waals surface area contributed by atoms with E-state index in [-0.39, 0.29) is 24.2 Å². The van der Waals surface area contributed by atoms with Crippen molar-refractivity contribution in [2.45, 2.75) is 51.5 Å². The fourth-order valence-electron chi connectivity index (χ4n) is 5.05. The summed E-state index contributed by atoms with van der Waals surface area (Å²) in [5.74, 6) is 1.50. The summed E-state index contributed by atoms with van der Waals surface area (Å²) in [4.78, 5) is 31.2. The molecule has 2 fully saturated rings. The van der Waals surface area contributed by atoms with Crippen molar-refractivity contribution in [3.8, 4) is 0 Å². The zero-order valence-corrected chi connectivity index (χ0v) is 21.6. The highest BCUT2D eigenvalue weighted by Gasteiger charge is 2.24. The molecule has 0 radical (unpaired) electrons. The van der Waals surface area contributed by atoms with Gasteiger partial charge in [0, 0.05) is 45.0 Å². The Morgan fingerprint density at radius 3 is 2.81 bits per heavy atom. The Labute approximate surface area is 215 Å². The van der Waals surface area contributed by atoms with Crippen molar-refractivity contribution in [2.75, 3.05) is 36.8 Å². The quantitative estimate of drug-likeness (QED) is 0.463. The fraction of sp³-hybridized carbons (Fsp3) is 0.462. The van der Waals surface area contributed by atoms with Crippen molar-refractivity contribution in [3.63, 3.8) is 0 Å². The van der Waals surface area contributed by atoms with Gasteiger partial charge in [-0.2, -0.15) is 0 Å². The molecule has 36 heavy (non-hydrogen) atoms. The second-order valence-electron chi connectivity index (χ2n) is 9.64. The van der Waals surface area contributed by atoms with E-state index in [1.807, 2.05) is 17.0 Å². The summed E-state index contributed by atoms with van der Waals surface area (Å²) in [6.07, 6.45) is 5.51. The molecule has 0 aromatic carbocycles. The molecule has 2 N–H and O–H groups in total. The SMILES string of the molecule is C=CC(=O)N1CCC[C@H](Nc2cc(CN3C[C@@H](C)O[C@@H](C)C3)cc(Nc3nc4cccnc4s3)n2)C1. The number of anilines is 3. The summed E-state index contributed by atoms with van der Waals surface area (Å²) in [6, 6.07) is 8.18. The predicted molar refractivity (Wildman–Crippen MR) is 144 cm³/mol. The third kappa shape index (κ3) is 6.00. The lowest BCUT2D eigenvalue weighted by Gasteiger charge is -2.35. The van der Waals surface area contributed by atoms with E-state index < -0.39 is 0 Å². The first kappa shape index (κ1) is 24.6. The molecule has 1 amide bonds. The first-order valence-electron chi connectivity index (χ1n) is 12.5. The summed E-state index contributed by atoms with van der Waals surface area (Å²) < 4.78 is 5.92. The van der Waals surface area contributed by atoms with Crippen molar-refractivity contribution in [3.05, 3.63) is 48.7 Å². The number of pyridine rings is 2. The van der Waals surface area contributed by atoms with E-state index in [9.17, 15) is 4.79 Å². The van der Waals surface area contributed by atoms with Crippen LogP contribution in [0.1, 0.15) is 32.3 Å². The van der Waals surface area contributed by atoms with Gasteiger partial charge in [-0.1, -0.05) is 17.9 Å². The number of aromatic nitrogens is 3. The van der Waals surface area contributed by atoms with Gasteiger partial charge in [-0.25, -0.2) is 15.0 Å². The van der Waals surface area contributed by atoms with Gasteiger partial charge in [-0.15, -0.1) is 0 Å². The lowest BCUT2D eigenvalue weighted by molar-refractivity contribution is -0.127. The molecule has 2 aliphatic rings. The van der Waals surface area contributed by atoms with Crippen LogP contribution in [-0.4, -0.2) is 75.1 Å². The maximum atomic E-state index is 12.2. The zero-order chi connectivity index (χ0) is 25.1. The van der Waals surface area contributed by atoms with Crippen LogP contribution in [0.5, 0.6) is 0 Å². The summed E-state index contributed by atoms with van der Waals surface area (Å²) in [5.41, 5.74) is 2.02. The number of nitrogens with zero attached hydrogens (tertiary/aromatic N) is 5. The van der Waals surface area contributed by atoms with E-state index in [1.54, 1.807) is 6.20 Å². The molecule has 9 nitrogen and oxygen atoms in total. The minimum absolute atomic E-state index is 0.0226. The van der Waals surface area contributed by atoms with Crippen molar-refractivity contribution in [1.29, 1.82) is 0 Å². The molecular formula is C26H33N7O2S. The van der Waals surface area contributed by atoms with E-state index in [4.69, 9.17) is 9.72 Å². The van der Waals surface area contributed by atoms with E-state index in [1.165, 1.54) is 17.4 Å². The molecule has 0 unspecified atom stereocenters. The molecule has 2 saturated heterocycles. The minimum Gasteiger partial charge on any atom is -0.373 e. The second kappa shape index (κ2) is 10.9. The normalized spacial score (nSPS) is 22.9. The molecule has 3 aromatic rings. The third-order valence-corrected chi connectivity index (χ3v) is 7.34. The van der Waals surface area contributed by atoms with Crippen LogP contribution in [0.2, 0.25) is 0 Å². The lowest BCUT2D eigenvalue weighted by atomic mass is 10.1. The Hall–Kier alpha value is -3.08. The molecular weight excluding hydrogens is 474 g/mol. The van der Waals surface area contributed by atoms with Crippen LogP contribution in [0.3, 0.4) is 0 Å². The highest BCUT2D eigenvalue weighted by Crippen LogP contribution is 2.28. The number of ether oxygens (including phenoxy) is 1. The molecule has 3 aromatic heterocycles. The van der Waals surface area contributed by atoms with E-state index in [0.717, 1.165) is 71.7 Å². The predicted octanol–water partition coefficient (Wildman–Crippen LogP) is 4.03. The highest BCUT2D eigenvalue weighted by molar-refractivity contribution is 7.21. The number of hydrogen-bond acceptors (Lipinski definition) is 9. The number of carbonyl (C=O) groups excluding carboxylic acids is 1. The van der Waals surface area contributed by atoms with E-state index in [2.05, 4.69) is 58.1 Å². The number of nitrogens with one attached hydrogen (secondary N) is 2. The number of morpholine rings is 1. The topological polar surface area (TPSA) is 95.5 Å². The van der Waals surface area contributed by atoms with Crippen LogP contribution in [0.15, 0.2) is 43.1 Å². The first-order valence-corrected chi connectivity index (χ1v) is 13.3. The zero-order valence-electron chi connectivity index (χ0n) is 20.8. The summed E-state index contributed by atoms with van der Waals surface area (Å²) in [5, 5.41) is 7.74. The van der Waals surface area contributed by atoms with Crippen LogP contribution in [-0.2, 0) is 16.1 Å². The highest BCUT2D eigenvalue weighted by atomic mass is 32.1. The summed E-state index contributed by atoms with van der Waals surface area (Å²) >= 11 is 1.51. The van der Waals surface area contributed by atoms with Gasteiger partial charge in [-0.3, -0.25) is 9.69 Å². The average molecular weight is 508 g/mol.